The molecule has 0 aliphatic carbocycles. The van der Waals surface area contributed by atoms with E-state index in [1.165, 1.54) is 0 Å². The van der Waals surface area contributed by atoms with Gasteiger partial charge >= 0.3 is 5.97 Å². The van der Waals surface area contributed by atoms with E-state index in [0.29, 0.717) is 6.61 Å². The molecule has 2 N–H and O–H groups in total. The first-order valence-electron chi connectivity index (χ1n) is 4.68. The molecular weight excluding hydrogens is 218 g/mol. The highest BCUT2D eigenvalue weighted by molar-refractivity contribution is 8.00. The lowest BCUT2D eigenvalue weighted by molar-refractivity contribution is -0.133. The monoisotopic (exact) mass is 235 g/mol. The van der Waals surface area contributed by atoms with Gasteiger partial charge < -0.3 is 15.2 Å². The van der Waals surface area contributed by atoms with Crippen LogP contribution in [-0.2, 0) is 14.3 Å². The molecule has 0 aromatic carbocycles. The van der Waals surface area contributed by atoms with Crippen LogP contribution in [0.4, 0.5) is 0 Å². The molecule has 0 fully saturated rings. The maximum Gasteiger partial charge on any atom is 0.313 e. The summed E-state index contributed by atoms with van der Waals surface area (Å²) in [6, 6.07) is 0.00734. The third-order valence-corrected chi connectivity index (χ3v) is 2.60. The number of carbonyl (C=O) groups is 2. The average Bonchev–Trinajstić information content (AvgIpc) is 2.16. The molecular formula is C9H17NO4S. The Balaban J connectivity index is 3.66. The number of methoxy groups -OCH3 is 1. The van der Waals surface area contributed by atoms with Gasteiger partial charge in [0.05, 0.1) is 24.2 Å². The van der Waals surface area contributed by atoms with Gasteiger partial charge in [0.25, 0.3) is 0 Å². The van der Waals surface area contributed by atoms with Gasteiger partial charge in [0.2, 0.25) is 5.91 Å². The molecule has 0 radical (unpaired) electrons. The van der Waals surface area contributed by atoms with Crippen molar-refractivity contribution in [3.8, 4) is 0 Å². The summed E-state index contributed by atoms with van der Waals surface area (Å²) in [5.41, 5.74) is 0. The van der Waals surface area contributed by atoms with Crippen LogP contribution < -0.4 is 5.32 Å². The highest BCUT2D eigenvalue weighted by Crippen LogP contribution is 1.99. The standard InChI is InChI=1S/C9H17NO4S/c1-3-7(4-14-2)10-8(11)5-15-6-9(12)13/h7H,3-6H2,1-2H3,(H,10,11)(H,12,13). The summed E-state index contributed by atoms with van der Waals surface area (Å²) in [5, 5.41) is 11.1. The quantitative estimate of drug-likeness (QED) is 0.634. The van der Waals surface area contributed by atoms with Gasteiger partial charge in [-0.1, -0.05) is 6.92 Å². The van der Waals surface area contributed by atoms with E-state index in [9.17, 15) is 9.59 Å². The molecule has 1 unspecified atom stereocenters. The van der Waals surface area contributed by atoms with Crippen LogP contribution >= 0.6 is 11.8 Å². The molecule has 1 atom stereocenters. The Labute approximate surface area is 93.6 Å². The summed E-state index contributed by atoms with van der Waals surface area (Å²) >= 11 is 1.09. The van der Waals surface area contributed by atoms with Crippen molar-refractivity contribution in [2.45, 2.75) is 19.4 Å². The summed E-state index contributed by atoms with van der Waals surface area (Å²) in [4.78, 5) is 21.5. The van der Waals surface area contributed by atoms with Crippen molar-refractivity contribution in [3.05, 3.63) is 0 Å². The van der Waals surface area contributed by atoms with Gasteiger partial charge in [-0.15, -0.1) is 11.8 Å². The number of carboxylic acids is 1. The van der Waals surface area contributed by atoms with Crippen LogP contribution in [0, 0.1) is 0 Å². The van der Waals surface area contributed by atoms with E-state index in [1.807, 2.05) is 6.92 Å². The second-order valence-corrected chi connectivity index (χ2v) is 4.00. The van der Waals surface area contributed by atoms with Crippen LogP contribution in [-0.4, -0.2) is 48.2 Å². The normalized spacial score (nSPS) is 12.1. The number of hydrogen-bond donors (Lipinski definition) is 2. The number of rotatable bonds is 8. The first-order valence-corrected chi connectivity index (χ1v) is 5.83. The van der Waals surface area contributed by atoms with Crippen LogP contribution in [0.1, 0.15) is 13.3 Å². The Hall–Kier alpha value is -0.750. The van der Waals surface area contributed by atoms with Gasteiger partial charge in [-0.05, 0) is 6.42 Å². The second-order valence-electron chi connectivity index (χ2n) is 3.01. The minimum atomic E-state index is -0.906. The first-order chi connectivity index (χ1) is 7.10. The Kier molecular flexibility index (Phi) is 8.12. The first kappa shape index (κ1) is 14.2. The largest absolute Gasteiger partial charge is 0.481 e. The number of hydrogen-bond acceptors (Lipinski definition) is 4. The minimum absolute atomic E-state index is 0.00734. The summed E-state index contributed by atoms with van der Waals surface area (Å²) in [5.74, 6) is -0.928. The molecule has 0 aromatic rings. The molecule has 0 rings (SSSR count). The fraction of sp³-hybridized carbons (Fsp3) is 0.778. The molecule has 0 aromatic heterocycles. The van der Waals surface area contributed by atoms with E-state index in [1.54, 1.807) is 7.11 Å². The van der Waals surface area contributed by atoms with Crippen molar-refractivity contribution in [2.75, 3.05) is 25.2 Å². The van der Waals surface area contributed by atoms with Crippen LogP contribution in [0.3, 0.4) is 0 Å². The number of nitrogens with one attached hydrogen (secondary N) is 1. The Morgan fingerprint density at radius 3 is 2.60 bits per heavy atom. The van der Waals surface area contributed by atoms with Gasteiger partial charge in [0, 0.05) is 7.11 Å². The van der Waals surface area contributed by atoms with Crippen molar-refractivity contribution < 1.29 is 19.4 Å². The molecule has 0 aliphatic rings. The van der Waals surface area contributed by atoms with Crippen LogP contribution in [0.25, 0.3) is 0 Å². The lowest BCUT2D eigenvalue weighted by Gasteiger charge is -2.15. The Morgan fingerprint density at radius 1 is 1.47 bits per heavy atom. The molecule has 0 heterocycles. The molecule has 0 spiro atoms. The molecule has 15 heavy (non-hydrogen) atoms. The Bertz CT molecular complexity index is 210. The van der Waals surface area contributed by atoms with Crippen LogP contribution in [0.2, 0.25) is 0 Å². The van der Waals surface area contributed by atoms with Crippen molar-refractivity contribution >= 4 is 23.6 Å². The maximum atomic E-state index is 11.3. The number of carboxylic acid groups (broad SMARTS) is 1. The summed E-state index contributed by atoms with van der Waals surface area (Å²) < 4.78 is 4.92. The molecule has 0 aliphatic heterocycles. The molecule has 1 amide bonds. The molecule has 0 bridgehead atoms. The smallest absolute Gasteiger partial charge is 0.313 e. The number of carbonyl (C=O) groups excluding carboxylic acids is 1. The van der Waals surface area contributed by atoms with E-state index in [2.05, 4.69) is 5.32 Å². The zero-order valence-corrected chi connectivity index (χ0v) is 9.80. The third-order valence-electron chi connectivity index (χ3n) is 1.68. The van der Waals surface area contributed by atoms with E-state index in [0.717, 1.165) is 18.2 Å². The minimum Gasteiger partial charge on any atom is -0.481 e. The fourth-order valence-electron chi connectivity index (χ4n) is 0.963. The van der Waals surface area contributed by atoms with E-state index in [-0.39, 0.29) is 23.5 Å². The zero-order valence-electron chi connectivity index (χ0n) is 8.99. The van der Waals surface area contributed by atoms with Crippen molar-refractivity contribution in [2.24, 2.45) is 0 Å². The predicted molar refractivity (Wildman–Crippen MR) is 59.1 cm³/mol. The zero-order chi connectivity index (χ0) is 11.7. The number of amides is 1. The lowest BCUT2D eigenvalue weighted by atomic mass is 10.2. The summed E-state index contributed by atoms with van der Waals surface area (Å²) in [6.45, 7) is 2.43. The van der Waals surface area contributed by atoms with E-state index >= 15 is 0 Å². The number of aliphatic carboxylic acids is 1. The van der Waals surface area contributed by atoms with Gasteiger partial charge in [0.15, 0.2) is 0 Å². The van der Waals surface area contributed by atoms with Gasteiger partial charge in [-0.25, -0.2) is 0 Å². The van der Waals surface area contributed by atoms with Gasteiger partial charge in [-0.2, -0.15) is 0 Å². The second kappa shape index (κ2) is 8.55. The lowest BCUT2D eigenvalue weighted by Crippen LogP contribution is -2.38. The van der Waals surface area contributed by atoms with E-state index in [4.69, 9.17) is 9.84 Å². The molecule has 5 nitrogen and oxygen atoms in total. The van der Waals surface area contributed by atoms with Gasteiger partial charge in [0.1, 0.15) is 0 Å². The molecule has 88 valence electrons. The van der Waals surface area contributed by atoms with Crippen LogP contribution in [0.5, 0.6) is 0 Å². The van der Waals surface area contributed by atoms with Crippen molar-refractivity contribution in [1.29, 1.82) is 0 Å². The highest BCUT2D eigenvalue weighted by Gasteiger charge is 2.10. The topological polar surface area (TPSA) is 75.6 Å². The van der Waals surface area contributed by atoms with E-state index < -0.39 is 5.97 Å². The van der Waals surface area contributed by atoms with Crippen molar-refractivity contribution in [3.63, 3.8) is 0 Å². The summed E-state index contributed by atoms with van der Waals surface area (Å²) in [7, 11) is 1.58. The number of ether oxygens (including phenoxy) is 1. The summed E-state index contributed by atoms with van der Waals surface area (Å²) in [6.07, 6.45) is 0.795. The van der Waals surface area contributed by atoms with Crippen LogP contribution in [0.15, 0.2) is 0 Å². The molecule has 0 saturated heterocycles. The van der Waals surface area contributed by atoms with Crippen molar-refractivity contribution in [1.82, 2.24) is 5.32 Å². The maximum absolute atomic E-state index is 11.3. The average molecular weight is 235 g/mol. The Morgan fingerprint density at radius 2 is 2.13 bits per heavy atom. The molecule has 0 saturated carbocycles. The SMILES string of the molecule is CCC(COC)NC(=O)CSCC(=O)O. The fourth-order valence-corrected chi connectivity index (χ4v) is 1.51. The molecule has 6 heteroatoms. The van der Waals surface area contributed by atoms with Gasteiger partial charge in [-0.3, -0.25) is 9.59 Å². The third kappa shape index (κ3) is 8.26. The number of thioether (sulfide) groups is 1. The highest BCUT2D eigenvalue weighted by atomic mass is 32.2. The predicted octanol–water partition coefficient (Wildman–Crippen LogP) is 0.345.